The van der Waals surface area contributed by atoms with E-state index in [4.69, 9.17) is 0 Å². The number of nitrogens with zero attached hydrogens (tertiary/aromatic N) is 1. The van der Waals surface area contributed by atoms with Crippen molar-refractivity contribution in [2.45, 2.75) is 5.41 Å². The van der Waals surface area contributed by atoms with Crippen molar-refractivity contribution in [2.24, 2.45) is 0 Å². The molecule has 0 unspecified atom stereocenters. The molecule has 0 aromatic heterocycles. The van der Waals surface area contributed by atoms with Gasteiger partial charge < -0.3 is 4.90 Å². The first-order valence-electron chi connectivity index (χ1n) is 18.5. The zero-order valence-electron chi connectivity index (χ0n) is 30.1. The third-order valence-electron chi connectivity index (χ3n) is 10.9. The van der Waals surface area contributed by atoms with Gasteiger partial charge in [0.25, 0.3) is 0 Å². The van der Waals surface area contributed by atoms with Crippen molar-refractivity contribution in [2.75, 3.05) is 4.90 Å². The predicted molar refractivity (Wildman–Crippen MR) is 229 cm³/mol. The van der Waals surface area contributed by atoms with E-state index in [-0.39, 0.29) is 0 Å². The molecule has 0 fully saturated rings. The van der Waals surface area contributed by atoms with Gasteiger partial charge in [0.2, 0.25) is 0 Å². The molecule has 0 atom stereocenters. The number of hydrogen-bond acceptors (Lipinski definition) is 1. The van der Waals surface area contributed by atoms with E-state index < -0.39 is 5.41 Å². The van der Waals surface area contributed by atoms with Gasteiger partial charge in [-0.15, -0.1) is 0 Å². The molecule has 0 aliphatic heterocycles. The van der Waals surface area contributed by atoms with Crippen molar-refractivity contribution in [3.05, 3.63) is 247 Å². The number of benzene rings is 8. The highest BCUT2D eigenvalue weighted by molar-refractivity contribution is 5.98. The Labute approximate surface area is 318 Å². The summed E-state index contributed by atoms with van der Waals surface area (Å²) in [6.07, 6.45) is 3.82. The van der Waals surface area contributed by atoms with Gasteiger partial charge in [-0.05, 0) is 91.5 Å². The molecule has 0 bridgehead atoms. The lowest BCUT2D eigenvalue weighted by atomic mass is 9.67. The summed E-state index contributed by atoms with van der Waals surface area (Å²) in [6, 6.07) is 72.8. The highest BCUT2D eigenvalue weighted by atomic mass is 15.1. The molecule has 0 saturated carbocycles. The quantitative estimate of drug-likeness (QED) is 0.146. The molecule has 8 aromatic rings. The van der Waals surface area contributed by atoms with Gasteiger partial charge in [-0.2, -0.15) is 0 Å². The monoisotopic (exact) mass is 689 g/mol. The lowest BCUT2D eigenvalue weighted by Crippen LogP contribution is -2.28. The van der Waals surface area contributed by atoms with Crippen LogP contribution in [0.3, 0.4) is 0 Å². The third-order valence-corrected chi connectivity index (χ3v) is 10.9. The minimum Gasteiger partial charge on any atom is -0.310 e. The van der Waals surface area contributed by atoms with Gasteiger partial charge in [0, 0.05) is 16.9 Å². The maximum Gasteiger partial charge on any atom is 0.0714 e. The number of hydrogen-bond donors (Lipinski definition) is 0. The van der Waals surface area contributed by atoms with Gasteiger partial charge in [0.05, 0.1) is 11.1 Å². The normalized spacial score (nSPS) is 12.4. The maximum absolute atomic E-state index is 4.05. The van der Waals surface area contributed by atoms with Gasteiger partial charge in [0.1, 0.15) is 0 Å². The highest BCUT2D eigenvalue weighted by Gasteiger charge is 2.47. The predicted octanol–water partition coefficient (Wildman–Crippen LogP) is 14.1. The zero-order valence-corrected chi connectivity index (χ0v) is 30.1. The Morgan fingerprint density at radius 1 is 0.389 bits per heavy atom. The first-order valence-corrected chi connectivity index (χ1v) is 18.5. The van der Waals surface area contributed by atoms with Gasteiger partial charge in [0.15, 0.2) is 0 Å². The molecule has 1 heteroatoms. The van der Waals surface area contributed by atoms with E-state index in [0.717, 1.165) is 28.2 Å². The summed E-state index contributed by atoms with van der Waals surface area (Å²) in [4.78, 5) is 2.44. The standard InChI is InChI=1S/C53H39N/c1-3-38-25-31-44(32-26-38)53(45-33-27-39(4-2)28-34-45)49-22-12-11-21-48(49)52-50(53)23-14-24-51(52)54(46-35-29-42(30-36-46)40-15-7-5-8-16-40)47-20-13-19-43(37-47)41-17-9-6-10-18-41/h3-37H,1-2H2. The molecule has 0 spiro atoms. The summed E-state index contributed by atoms with van der Waals surface area (Å²) in [5.74, 6) is 0. The molecule has 9 rings (SSSR count). The van der Waals surface area contributed by atoms with E-state index in [9.17, 15) is 0 Å². The average molecular weight is 690 g/mol. The summed E-state index contributed by atoms with van der Waals surface area (Å²) < 4.78 is 0. The number of fused-ring (bicyclic) bond motifs is 3. The van der Waals surface area contributed by atoms with Crippen LogP contribution in [-0.4, -0.2) is 0 Å². The molecule has 0 N–H and O–H groups in total. The topological polar surface area (TPSA) is 3.24 Å². The summed E-state index contributed by atoms with van der Waals surface area (Å²) in [5.41, 5.74) is 17.1. The molecule has 0 radical (unpaired) electrons. The Balaban J connectivity index is 1.32. The lowest BCUT2D eigenvalue weighted by Gasteiger charge is -2.34. The second-order valence-electron chi connectivity index (χ2n) is 13.8. The SMILES string of the molecule is C=Cc1ccc(C2(c3ccc(C=C)cc3)c3ccccc3-c3c(N(c4ccc(-c5ccccc5)cc4)c4cccc(-c5ccccc5)c4)cccc32)cc1. The van der Waals surface area contributed by atoms with Gasteiger partial charge >= 0.3 is 0 Å². The van der Waals surface area contributed by atoms with E-state index in [2.05, 4.69) is 218 Å². The summed E-state index contributed by atoms with van der Waals surface area (Å²) >= 11 is 0. The lowest BCUT2D eigenvalue weighted by molar-refractivity contribution is 0.768. The van der Waals surface area contributed by atoms with Crippen molar-refractivity contribution in [3.63, 3.8) is 0 Å². The van der Waals surface area contributed by atoms with Crippen LogP contribution in [0.2, 0.25) is 0 Å². The molecule has 0 heterocycles. The Morgan fingerprint density at radius 3 is 1.50 bits per heavy atom. The van der Waals surface area contributed by atoms with Crippen molar-refractivity contribution in [1.29, 1.82) is 0 Å². The van der Waals surface area contributed by atoms with E-state index in [1.807, 2.05) is 12.2 Å². The molecule has 0 amide bonds. The van der Waals surface area contributed by atoms with E-state index >= 15 is 0 Å². The second kappa shape index (κ2) is 13.9. The highest BCUT2D eigenvalue weighted by Crippen LogP contribution is 2.59. The van der Waals surface area contributed by atoms with E-state index in [1.165, 1.54) is 55.6 Å². The Bertz CT molecular complexity index is 2550. The van der Waals surface area contributed by atoms with Crippen molar-refractivity contribution in [1.82, 2.24) is 0 Å². The minimum atomic E-state index is -0.559. The van der Waals surface area contributed by atoms with Gasteiger partial charge in [-0.25, -0.2) is 0 Å². The molecule has 8 aromatic carbocycles. The van der Waals surface area contributed by atoms with Crippen molar-refractivity contribution in [3.8, 4) is 33.4 Å². The fourth-order valence-corrected chi connectivity index (χ4v) is 8.34. The molecule has 0 saturated heterocycles. The Morgan fingerprint density at radius 2 is 0.889 bits per heavy atom. The fourth-order valence-electron chi connectivity index (χ4n) is 8.34. The van der Waals surface area contributed by atoms with Crippen LogP contribution in [0, 0.1) is 0 Å². The van der Waals surface area contributed by atoms with Crippen LogP contribution >= 0.6 is 0 Å². The number of rotatable bonds is 9. The third kappa shape index (κ3) is 5.50. The molecule has 256 valence electrons. The maximum atomic E-state index is 4.05. The van der Waals surface area contributed by atoms with Crippen LogP contribution in [0.5, 0.6) is 0 Å². The molecule has 54 heavy (non-hydrogen) atoms. The first-order chi connectivity index (χ1) is 26.7. The Hall–Kier alpha value is -6.96. The van der Waals surface area contributed by atoms with Crippen LogP contribution in [0.25, 0.3) is 45.5 Å². The largest absolute Gasteiger partial charge is 0.310 e. The van der Waals surface area contributed by atoms with Crippen LogP contribution in [0.1, 0.15) is 33.4 Å². The molecular weight excluding hydrogens is 651 g/mol. The van der Waals surface area contributed by atoms with Crippen molar-refractivity contribution >= 4 is 29.2 Å². The average Bonchev–Trinajstić information content (AvgIpc) is 3.56. The number of anilines is 3. The summed E-state index contributed by atoms with van der Waals surface area (Å²) in [7, 11) is 0. The zero-order chi connectivity index (χ0) is 36.5. The second-order valence-corrected chi connectivity index (χ2v) is 13.8. The van der Waals surface area contributed by atoms with Gasteiger partial charge in [-0.3, -0.25) is 0 Å². The summed E-state index contributed by atoms with van der Waals surface area (Å²) in [5, 5.41) is 0. The summed E-state index contributed by atoms with van der Waals surface area (Å²) in [6.45, 7) is 8.09. The van der Waals surface area contributed by atoms with Crippen LogP contribution in [0.4, 0.5) is 17.1 Å². The smallest absolute Gasteiger partial charge is 0.0714 e. The molecule has 1 aliphatic rings. The Kier molecular flexibility index (Phi) is 8.46. The van der Waals surface area contributed by atoms with Crippen molar-refractivity contribution < 1.29 is 0 Å². The minimum absolute atomic E-state index is 0.559. The van der Waals surface area contributed by atoms with Crippen LogP contribution in [-0.2, 0) is 5.41 Å². The van der Waals surface area contributed by atoms with Crippen LogP contribution < -0.4 is 4.90 Å². The fraction of sp³-hybridized carbons (Fsp3) is 0.0189. The van der Waals surface area contributed by atoms with Gasteiger partial charge in [-0.1, -0.05) is 195 Å². The first kappa shape index (κ1) is 32.9. The van der Waals surface area contributed by atoms with Crippen LogP contribution in [0.15, 0.2) is 213 Å². The van der Waals surface area contributed by atoms with E-state index in [0.29, 0.717) is 0 Å². The molecular formula is C53H39N. The molecule has 1 nitrogen and oxygen atoms in total. The van der Waals surface area contributed by atoms with E-state index in [1.54, 1.807) is 0 Å². The molecule has 1 aliphatic carbocycles.